The van der Waals surface area contributed by atoms with Crippen molar-refractivity contribution in [3.05, 3.63) is 17.0 Å². The summed E-state index contributed by atoms with van der Waals surface area (Å²) < 4.78 is 0. The Morgan fingerprint density at radius 3 is 2.40 bits per heavy atom. The zero-order valence-electron chi connectivity index (χ0n) is 13.2. The number of aryl methyl sites for hydroxylation is 2. The molecule has 112 valence electrons. The first-order chi connectivity index (χ1) is 9.61. The summed E-state index contributed by atoms with van der Waals surface area (Å²) in [7, 11) is 0. The highest BCUT2D eigenvalue weighted by atomic mass is 32.2. The normalized spacial score (nSPS) is 23.0. The molecule has 2 unspecified atom stereocenters. The summed E-state index contributed by atoms with van der Waals surface area (Å²) in [4.78, 5) is 9.33. The van der Waals surface area contributed by atoms with Gasteiger partial charge in [-0.15, -0.1) is 0 Å². The van der Waals surface area contributed by atoms with Crippen LogP contribution in [0.15, 0.2) is 5.16 Å². The van der Waals surface area contributed by atoms with Crippen LogP contribution in [0.1, 0.15) is 56.0 Å². The highest BCUT2D eigenvalue weighted by Gasteiger charge is 2.26. The topological polar surface area (TPSA) is 37.8 Å². The summed E-state index contributed by atoms with van der Waals surface area (Å²) >= 11 is 1.88. The Morgan fingerprint density at radius 2 is 1.75 bits per heavy atom. The Kier molecular flexibility index (Phi) is 5.85. The van der Waals surface area contributed by atoms with Crippen LogP contribution in [0, 0.1) is 20.8 Å². The number of hydrogen-bond donors (Lipinski definition) is 1. The molecule has 1 fully saturated rings. The molecule has 1 N–H and O–H groups in total. The number of aromatic nitrogens is 2. The second-order valence-electron chi connectivity index (χ2n) is 5.80. The first-order valence-corrected chi connectivity index (χ1v) is 8.71. The molecule has 1 aromatic heterocycles. The lowest BCUT2D eigenvalue weighted by atomic mass is 9.95. The van der Waals surface area contributed by atoms with Gasteiger partial charge in [-0.05, 0) is 52.1 Å². The maximum Gasteiger partial charge on any atom is 0.188 e. The van der Waals surface area contributed by atoms with E-state index in [0.717, 1.165) is 23.1 Å². The highest BCUT2D eigenvalue weighted by molar-refractivity contribution is 7.99. The van der Waals surface area contributed by atoms with Gasteiger partial charge in [0.25, 0.3) is 0 Å². The average Bonchev–Trinajstić information content (AvgIpc) is 2.44. The minimum Gasteiger partial charge on any atom is -0.313 e. The van der Waals surface area contributed by atoms with Crippen molar-refractivity contribution in [3.63, 3.8) is 0 Å². The zero-order valence-corrected chi connectivity index (χ0v) is 14.0. The molecule has 0 saturated heterocycles. The first-order valence-electron chi connectivity index (χ1n) is 7.83. The van der Waals surface area contributed by atoms with E-state index >= 15 is 0 Å². The number of hydrogen-bond acceptors (Lipinski definition) is 4. The zero-order chi connectivity index (χ0) is 14.5. The molecular formula is C16H27N3S. The number of nitrogens with zero attached hydrogens (tertiary/aromatic N) is 2. The fourth-order valence-electron chi connectivity index (χ4n) is 2.73. The standard InChI is InChI=1S/C16H27N3S/c1-5-10-17-14-8-6-7-9-15(14)20-16-18-12(3)11(2)13(4)19-16/h14-15,17H,5-10H2,1-4H3. The molecule has 0 aromatic carbocycles. The molecule has 20 heavy (non-hydrogen) atoms. The van der Waals surface area contributed by atoms with E-state index in [2.05, 4.69) is 43.0 Å². The van der Waals surface area contributed by atoms with Crippen LogP contribution in [-0.4, -0.2) is 27.8 Å². The van der Waals surface area contributed by atoms with Crippen LogP contribution in [-0.2, 0) is 0 Å². The lowest BCUT2D eigenvalue weighted by Gasteiger charge is -2.31. The third kappa shape index (κ3) is 3.95. The molecule has 0 aliphatic heterocycles. The van der Waals surface area contributed by atoms with Gasteiger partial charge in [0.15, 0.2) is 5.16 Å². The SMILES string of the molecule is CCCNC1CCCCC1Sc1nc(C)c(C)c(C)n1. The van der Waals surface area contributed by atoms with Gasteiger partial charge in [-0.25, -0.2) is 9.97 Å². The molecule has 0 spiro atoms. The monoisotopic (exact) mass is 293 g/mol. The minimum absolute atomic E-state index is 0.622. The average molecular weight is 293 g/mol. The third-order valence-electron chi connectivity index (χ3n) is 4.23. The van der Waals surface area contributed by atoms with E-state index in [9.17, 15) is 0 Å². The van der Waals surface area contributed by atoms with Gasteiger partial charge in [-0.1, -0.05) is 31.5 Å². The van der Waals surface area contributed by atoms with Crippen molar-refractivity contribution in [2.24, 2.45) is 0 Å². The fraction of sp³-hybridized carbons (Fsp3) is 0.750. The third-order valence-corrected chi connectivity index (χ3v) is 5.49. The van der Waals surface area contributed by atoms with Crippen molar-refractivity contribution in [1.82, 2.24) is 15.3 Å². The largest absolute Gasteiger partial charge is 0.313 e. The lowest BCUT2D eigenvalue weighted by molar-refractivity contribution is 0.384. The maximum atomic E-state index is 4.67. The molecule has 4 heteroatoms. The molecule has 1 aromatic rings. The maximum absolute atomic E-state index is 4.67. The summed E-state index contributed by atoms with van der Waals surface area (Å²) in [6, 6.07) is 0.624. The smallest absolute Gasteiger partial charge is 0.188 e. The van der Waals surface area contributed by atoms with Crippen molar-refractivity contribution in [2.45, 2.75) is 76.2 Å². The van der Waals surface area contributed by atoms with Gasteiger partial charge in [-0.3, -0.25) is 0 Å². The van der Waals surface area contributed by atoms with Crippen molar-refractivity contribution >= 4 is 11.8 Å². The van der Waals surface area contributed by atoms with E-state index in [0.29, 0.717) is 11.3 Å². The second-order valence-corrected chi connectivity index (χ2v) is 7.01. The molecule has 2 rings (SSSR count). The van der Waals surface area contributed by atoms with E-state index in [1.54, 1.807) is 0 Å². The van der Waals surface area contributed by atoms with Crippen LogP contribution in [0.2, 0.25) is 0 Å². The van der Waals surface area contributed by atoms with E-state index in [4.69, 9.17) is 0 Å². The van der Waals surface area contributed by atoms with Crippen LogP contribution in [0.25, 0.3) is 0 Å². The van der Waals surface area contributed by atoms with Gasteiger partial charge in [0.05, 0.1) is 0 Å². The summed E-state index contributed by atoms with van der Waals surface area (Å²) in [5, 5.41) is 5.29. The van der Waals surface area contributed by atoms with Crippen molar-refractivity contribution in [2.75, 3.05) is 6.54 Å². The summed E-state index contributed by atoms with van der Waals surface area (Å²) in [6.07, 6.45) is 6.47. The van der Waals surface area contributed by atoms with Crippen LogP contribution in [0.5, 0.6) is 0 Å². The Balaban J connectivity index is 2.06. The van der Waals surface area contributed by atoms with Gasteiger partial charge in [-0.2, -0.15) is 0 Å². The molecule has 0 bridgehead atoms. The molecule has 1 heterocycles. The van der Waals surface area contributed by atoms with Gasteiger partial charge in [0, 0.05) is 22.7 Å². The quantitative estimate of drug-likeness (QED) is 0.838. The fourth-order valence-corrected chi connectivity index (χ4v) is 4.06. The van der Waals surface area contributed by atoms with Crippen LogP contribution in [0.3, 0.4) is 0 Å². The Labute approximate surface area is 127 Å². The number of thioether (sulfide) groups is 1. The lowest BCUT2D eigenvalue weighted by Crippen LogP contribution is -2.40. The van der Waals surface area contributed by atoms with Crippen molar-refractivity contribution < 1.29 is 0 Å². The van der Waals surface area contributed by atoms with E-state index < -0.39 is 0 Å². The Hall–Kier alpha value is -0.610. The van der Waals surface area contributed by atoms with Crippen molar-refractivity contribution in [1.29, 1.82) is 0 Å². The number of nitrogens with one attached hydrogen (secondary N) is 1. The molecule has 0 amide bonds. The van der Waals surface area contributed by atoms with Gasteiger partial charge in [0.2, 0.25) is 0 Å². The van der Waals surface area contributed by atoms with E-state index in [1.807, 2.05) is 11.8 Å². The number of rotatable bonds is 5. The highest BCUT2D eigenvalue weighted by Crippen LogP contribution is 2.32. The Morgan fingerprint density at radius 1 is 1.10 bits per heavy atom. The van der Waals surface area contributed by atoms with Crippen LogP contribution >= 0.6 is 11.8 Å². The summed E-state index contributed by atoms with van der Waals surface area (Å²) in [5.41, 5.74) is 3.46. The van der Waals surface area contributed by atoms with Gasteiger partial charge < -0.3 is 5.32 Å². The molecule has 0 radical (unpaired) electrons. The summed E-state index contributed by atoms with van der Waals surface area (Å²) in [6.45, 7) is 9.62. The molecule has 1 saturated carbocycles. The second kappa shape index (κ2) is 7.41. The molecule has 3 nitrogen and oxygen atoms in total. The minimum atomic E-state index is 0.622. The molecular weight excluding hydrogens is 266 g/mol. The molecule has 2 atom stereocenters. The molecule has 1 aliphatic rings. The summed E-state index contributed by atoms with van der Waals surface area (Å²) in [5.74, 6) is 0. The predicted octanol–water partition coefficient (Wildman–Crippen LogP) is 3.80. The Bertz CT molecular complexity index is 424. The van der Waals surface area contributed by atoms with Gasteiger partial charge in [0.1, 0.15) is 0 Å². The van der Waals surface area contributed by atoms with E-state index in [-0.39, 0.29) is 0 Å². The molecule has 1 aliphatic carbocycles. The van der Waals surface area contributed by atoms with Crippen LogP contribution in [0.4, 0.5) is 0 Å². The predicted molar refractivity (Wildman–Crippen MR) is 86.4 cm³/mol. The van der Waals surface area contributed by atoms with Gasteiger partial charge >= 0.3 is 0 Å². The van der Waals surface area contributed by atoms with E-state index in [1.165, 1.54) is 37.7 Å². The van der Waals surface area contributed by atoms with Crippen LogP contribution < -0.4 is 5.32 Å². The van der Waals surface area contributed by atoms with Crippen molar-refractivity contribution in [3.8, 4) is 0 Å². The first kappa shape index (κ1) is 15.8.